The Kier molecular flexibility index (Phi) is 6.19. The molecule has 0 aliphatic rings. The summed E-state index contributed by atoms with van der Waals surface area (Å²) in [4.78, 5) is 10.4. The van der Waals surface area contributed by atoms with E-state index in [2.05, 4.69) is 13.8 Å². The SMILES string of the molecule is CCCC(CC)CC(C)C=O. The van der Waals surface area contributed by atoms with E-state index >= 15 is 0 Å². The van der Waals surface area contributed by atoms with E-state index in [1.165, 1.54) is 19.3 Å². The standard InChI is InChI=1S/C10H20O/c1-4-6-10(5-2)7-9(3)8-11/h8-10H,4-7H2,1-3H3. The fraction of sp³-hybridized carbons (Fsp3) is 0.900. The maximum Gasteiger partial charge on any atom is 0.122 e. The highest BCUT2D eigenvalue weighted by Gasteiger charge is 2.09. The van der Waals surface area contributed by atoms with Crippen LogP contribution in [-0.4, -0.2) is 6.29 Å². The molecule has 0 aliphatic carbocycles. The number of hydrogen-bond donors (Lipinski definition) is 0. The maximum absolute atomic E-state index is 10.4. The predicted molar refractivity (Wildman–Crippen MR) is 48.5 cm³/mol. The summed E-state index contributed by atoms with van der Waals surface area (Å²) in [6.07, 6.45) is 5.87. The Hall–Kier alpha value is -0.330. The van der Waals surface area contributed by atoms with E-state index in [0.29, 0.717) is 0 Å². The van der Waals surface area contributed by atoms with Crippen LogP contribution in [0, 0.1) is 11.8 Å². The topological polar surface area (TPSA) is 17.1 Å². The van der Waals surface area contributed by atoms with Crippen molar-refractivity contribution in [3.05, 3.63) is 0 Å². The lowest BCUT2D eigenvalue weighted by atomic mass is 9.91. The van der Waals surface area contributed by atoms with Crippen LogP contribution in [0.4, 0.5) is 0 Å². The van der Waals surface area contributed by atoms with Gasteiger partial charge in [0.25, 0.3) is 0 Å². The molecule has 0 aromatic rings. The molecule has 0 saturated carbocycles. The van der Waals surface area contributed by atoms with Crippen molar-refractivity contribution in [2.75, 3.05) is 0 Å². The van der Waals surface area contributed by atoms with Crippen molar-refractivity contribution in [2.45, 2.75) is 46.5 Å². The van der Waals surface area contributed by atoms with Gasteiger partial charge < -0.3 is 4.79 Å². The lowest BCUT2D eigenvalue weighted by molar-refractivity contribution is -0.111. The van der Waals surface area contributed by atoms with Crippen LogP contribution in [0.5, 0.6) is 0 Å². The first-order valence-corrected chi connectivity index (χ1v) is 4.69. The Labute approximate surface area is 70.2 Å². The molecular formula is C10H20O. The van der Waals surface area contributed by atoms with E-state index in [1.807, 2.05) is 6.92 Å². The lowest BCUT2D eigenvalue weighted by Crippen LogP contribution is -2.06. The molecule has 1 nitrogen and oxygen atoms in total. The third-order valence-corrected chi connectivity index (χ3v) is 2.21. The summed E-state index contributed by atoms with van der Waals surface area (Å²) in [5.41, 5.74) is 0. The van der Waals surface area contributed by atoms with Gasteiger partial charge in [-0.05, 0) is 12.3 Å². The van der Waals surface area contributed by atoms with Gasteiger partial charge in [-0.3, -0.25) is 0 Å². The van der Waals surface area contributed by atoms with Gasteiger partial charge in [-0.1, -0.05) is 40.0 Å². The molecule has 0 rings (SSSR count). The minimum Gasteiger partial charge on any atom is -0.303 e. The van der Waals surface area contributed by atoms with E-state index < -0.39 is 0 Å². The van der Waals surface area contributed by atoms with E-state index in [9.17, 15) is 4.79 Å². The molecular weight excluding hydrogens is 136 g/mol. The van der Waals surface area contributed by atoms with Crippen LogP contribution < -0.4 is 0 Å². The molecule has 0 aromatic heterocycles. The number of carbonyl (C=O) groups excluding carboxylic acids is 1. The van der Waals surface area contributed by atoms with Gasteiger partial charge in [0.15, 0.2) is 0 Å². The van der Waals surface area contributed by atoms with Gasteiger partial charge in [0.1, 0.15) is 6.29 Å². The van der Waals surface area contributed by atoms with Crippen LogP contribution in [-0.2, 0) is 4.79 Å². The Balaban J connectivity index is 3.57. The van der Waals surface area contributed by atoms with Gasteiger partial charge in [0.05, 0.1) is 0 Å². The van der Waals surface area contributed by atoms with E-state index in [-0.39, 0.29) is 5.92 Å². The first-order chi connectivity index (χ1) is 5.24. The molecule has 1 heteroatoms. The molecule has 0 radical (unpaired) electrons. The summed E-state index contributed by atoms with van der Waals surface area (Å²) in [5.74, 6) is 1.02. The van der Waals surface area contributed by atoms with E-state index in [0.717, 1.165) is 18.6 Å². The van der Waals surface area contributed by atoms with Gasteiger partial charge in [0, 0.05) is 5.92 Å². The summed E-state index contributed by atoms with van der Waals surface area (Å²) in [6, 6.07) is 0. The number of aldehydes is 1. The first kappa shape index (κ1) is 10.7. The zero-order valence-corrected chi connectivity index (χ0v) is 7.97. The monoisotopic (exact) mass is 156 g/mol. The van der Waals surface area contributed by atoms with Crippen molar-refractivity contribution < 1.29 is 4.79 Å². The Bertz CT molecular complexity index is 99.0. The van der Waals surface area contributed by atoms with Gasteiger partial charge in [0.2, 0.25) is 0 Å². The maximum atomic E-state index is 10.4. The minimum absolute atomic E-state index is 0.256. The molecule has 0 N–H and O–H groups in total. The van der Waals surface area contributed by atoms with Crippen molar-refractivity contribution in [3.63, 3.8) is 0 Å². The second-order valence-electron chi connectivity index (χ2n) is 3.41. The molecule has 0 saturated heterocycles. The van der Waals surface area contributed by atoms with Crippen LogP contribution in [0.15, 0.2) is 0 Å². The van der Waals surface area contributed by atoms with E-state index in [1.54, 1.807) is 0 Å². The molecule has 0 bridgehead atoms. The summed E-state index contributed by atoms with van der Waals surface area (Å²) in [6.45, 7) is 6.41. The average Bonchev–Trinajstić information content (AvgIpc) is 2.03. The van der Waals surface area contributed by atoms with Crippen molar-refractivity contribution in [3.8, 4) is 0 Å². The van der Waals surface area contributed by atoms with Crippen LogP contribution >= 0.6 is 0 Å². The highest BCUT2D eigenvalue weighted by Crippen LogP contribution is 2.19. The van der Waals surface area contributed by atoms with Crippen LogP contribution in [0.2, 0.25) is 0 Å². The molecule has 66 valence electrons. The lowest BCUT2D eigenvalue weighted by Gasteiger charge is -2.14. The highest BCUT2D eigenvalue weighted by molar-refractivity contribution is 5.52. The molecule has 11 heavy (non-hydrogen) atoms. The third-order valence-electron chi connectivity index (χ3n) is 2.21. The van der Waals surface area contributed by atoms with Crippen molar-refractivity contribution in [2.24, 2.45) is 11.8 Å². The second-order valence-corrected chi connectivity index (χ2v) is 3.41. The molecule has 0 aromatic carbocycles. The number of carbonyl (C=O) groups is 1. The van der Waals surface area contributed by atoms with Crippen LogP contribution in [0.3, 0.4) is 0 Å². The molecule has 2 atom stereocenters. The Morgan fingerprint density at radius 3 is 2.36 bits per heavy atom. The normalized spacial score (nSPS) is 15.9. The van der Waals surface area contributed by atoms with Crippen LogP contribution in [0.25, 0.3) is 0 Å². The zero-order valence-electron chi connectivity index (χ0n) is 7.97. The highest BCUT2D eigenvalue weighted by atomic mass is 16.1. The van der Waals surface area contributed by atoms with Gasteiger partial charge in [-0.2, -0.15) is 0 Å². The number of hydrogen-bond acceptors (Lipinski definition) is 1. The quantitative estimate of drug-likeness (QED) is 0.540. The summed E-state index contributed by atoms with van der Waals surface area (Å²) in [5, 5.41) is 0. The summed E-state index contributed by atoms with van der Waals surface area (Å²) < 4.78 is 0. The first-order valence-electron chi connectivity index (χ1n) is 4.69. The van der Waals surface area contributed by atoms with Crippen LogP contribution in [0.1, 0.15) is 46.5 Å². The average molecular weight is 156 g/mol. The van der Waals surface area contributed by atoms with Crippen molar-refractivity contribution in [1.82, 2.24) is 0 Å². The third kappa shape index (κ3) is 5.00. The molecule has 0 heterocycles. The van der Waals surface area contributed by atoms with Gasteiger partial charge >= 0.3 is 0 Å². The zero-order chi connectivity index (χ0) is 8.69. The van der Waals surface area contributed by atoms with Gasteiger partial charge in [-0.15, -0.1) is 0 Å². The fourth-order valence-corrected chi connectivity index (χ4v) is 1.48. The van der Waals surface area contributed by atoms with Crippen molar-refractivity contribution in [1.29, 1.82) is 0 Å². The van der Waals surface area contributed by atoms with E-state index in [4.69, 9.17) is 0 Å². The van der Waals surface area contributed by atoms with Gasteiger partial charge in [-0.25, -0.2) is 0 Å². The largest absolute Gasteiger partial charge is 0.303 e. The second kappa shape index (κ2) is 6.38. The number of rotatable bonds is 6. The summed E-state index contributed by atoms with van der Waals surface area (Å²) >= 11 is 0. The smallest absolute Gasteiger partial charge is 0.122 e. The van der Waals surface area contributed by atoms with Crippen molar-refractivity contribution >= 4 is 6.29 Å². The molecule has 0 aliphatic heterocycles. The summed E-state index contributed by atoms with van der Waals surface area (Å²) in [7, 11) is 0. The molecule has 2 unspecified atom stereocenters. The molecule has 0 spiro atoms. The molecule has 0 fully saturated rings. The molecule has 0 amide bonds. The Morgan fingerprint density at radius 2 is 2.00 bits per heavy atom. The Morgan fingerprint density at radius 1 is 1.36 bits per heavy atom. The minimum atomic E-state index is 0.256. The fourth-order valence-electron chi connectivity index (χ4n) is 1.48. The predicted octanol–water partition coefficient (Wildman–Crippen LogP) is 3.04.